The largest absolute Gasteiger partial charge is 0.466 e. The Morgan fingerprint density at radius 1 is 0.329 bits per heavy atom. The molecular weight excluding hydrogens is 1010 g/mol. The molecule has 3 N–H and O–H groups in total. The lowest BCUT2D eigenvalue weighted by Gasteiger charge is -2.20. The standard InChI is InChI=1S/C76H149NO5/c1-3-5-7-9-11-13-15-17-18-19-20-35-38-41-45-48-52-56-60-64-68-74(79)73(72-78)77-75(80)69-65-61-57-53-49-46-42-39-36-33-31-29-27-25-23-21-22-24-26-28-30-32-34-37-40-43-47-51-55-59-63-67-71-82-76(81)70-66-62-58-54-50-44-16-14-12-10-8-6-4-2/h64,68,73-74,78-79H,3-63,65-67,69-72H2,1-2H3,(H,77,80)/b68-64+. The summed E-state index contributed by atoms with van der Waals surface area (Å²) in [4.78, 5) is 24.6. The van der Waals surface area contributed by atoms with E-state index in [2.05, 4.69) is 19.2 Å². The number of carbonyl (C=O) groups excluding carboxylic acids is 2. The maximum absolute atomic E-state index is 12.5. The van der Waals surface area contributed by atoms with Gasteiger partial charge in [0.05, 0.1) is 25.4 Å². The zero-order chi connectivity index (χ0) is 59.2. The van der Waals surface area contributed by atoms with Crippen molar-refractivity contribution in [3.63, 3.8) is 0 Å². The van der Waals surface area contributed by atoms with Gasteiger partial charge in [-0.15, -0.1) is 0 Å². The van der Waals surface area contributed by atoms with Gasteiger partial charge in [-0.25, -0.2) is 0 Å². The molecule has 0 aliphatic rings. The molecule has 0 heterocycles. The Morgan fingerprint density at radius 3 is 0.829 bits per heavy atom. The molecule has 1 amide bonds. The van der Waals surface area contributed by atoms with Gasteiger partial charge in [-0.3, -0.25) is 9.59 Å². The van der Waals surface area contributed by atoms with Crippen LogP contribution in [0.25, 0.3) is 0 Å². The molecular formula is C76H149NO5. The summed E-state index contributed by atoms with van der Waals surface area (Å²) in [6.45, 7) is 4.96. The lowest BCUT2D eigenvalue weighted by Crippen LogP contribution is -2.45. The summed E-state index contributed by atoms with van der Waals surface area (Å²) in [6.07, 6.45) is 90.4. The normalized spacial score (nSPS) is 12.5. The fourth-order valence-electron chi connectivity index (χ4n) is 12.3. The average Bonchev–Trinajstić information content (AvgIpc) is 3.48. The molecule has 2 atom stereocenters. The van der Waals surface area contributed by atoms with Crippen molar-refractivity contribution >= 4 is 11.9 Å². The maximum Gasteiger partial charge on any atom is 0.305 e. The van der Waals surface area contributed by atoms with Gasteiger partial charge in [-0.2, -0.15) is 0 Å². The number of rotatable bonds is 72. The van der Waals surface area contributed by atoms with Gasteiger partial charge in [0, 0.05) is 12.8 Å². The van der Waals surface area contributed by atoms with Crippen molar-refractivity contribution in [3.05, 3.63) is 12.2 Å². The van der Waals surface area contributed by atoms with E-state index >= 15 is 0 Å². The SMILES string of the molecule is CCCCCCCCCCCCCCCCCCCC/C=C/C(O)C(CO)NC(=O)CCCCCCCCCCCCCCCCCCCCCCCCCCCCCCCCCCOC(=O)CCCCCCCCCCCCCCC. The van der Waals surface area contributed by atoms with E-state index in [0.717, 1.165) is 38.5 Å². The Hall–Kier alpha value is -1.40. The number of aliphatic hydroxyl groups excluding tert-OH is 2. The number of amides is 1. The van der Waals surface area contributed by atoms with E-state index < -0.39 is 12.1 Å². The highest BCUT2D eigenvalue weighted by atomic mass is 16.5. The number of ether oxygens (including phenoxy) is 1. The van der Waals surface area contributed by atoms with Gasteiger partial charge in [-0.05, 0) is 32.1 Å². The Bertz CT molecular complexity index is 1240. The van der Waals surface area contributed by atoms with Crippen molar-refractivity contribution in [2.45, 2.75) is 450 Å². The molecule has 0 rings (SSSR count). The molecule has 0 fully saturated rings. The van der Waals surface area contributed by atoms with Crippen molar-refractivity contribution in [2.24, 2.45) is 0 Å². The lowest BCUT2D eigenvalue weighted by atomic mass is 10.0. The maximum atomic E-state index is 12.5. The molecule has 0 bridgehead atoms. The first-order chi connectivity index (χ1) is 40.5. The van der Waals surface area contributed by atoms with E-state index in [1.807, 2.05) is 6.08 Å². The van der Waals surface area contributed by atoms with Gasteiger partial charge in [0.25, 0.3) is 0 Å². The van der Waals surface area contributed by atoms with Crippen molar-refractivity contribution in [1.29, 1.82) is 0 Å². The average molecular weight is 1160 g/mol. The Morgan fingerprint density at radius 2 is 0.561 bits per heavy atom. The summed E-state index contributed by atoms with van der Waals surface area (Å²) in [6, 6.07) is -0.624. The molecule has 0 aromatic heterocycles. The number of unbranched alkanes of at least 4 members (excludes halogenated alkanes) is 61. The van der Waals surface area contributed by atoms with E-state index in [4.69, 9.17) is 4.74 Å². The minimum Gasteiger partial charge on any atom is -0.466 e. The molecule has 6 heteroatoms. The van der Waals surface area contributed by atoms with Gasteiger partial charge in [-0.1, -0.05) is 405 Å². The van der Waals surface area contributed by atoms with Crippen LogP contribution in [0.4, 0.5) is 0 Å². The van der Waals surface area contributed by atoms with Gasteiger partial charge >= 0.3 is 5.97 Å². The molecule has 0 saturated carbocycles. The van der Waals surface area contributed by atoms with Crippen LogP contribution >= 0.6 is 0 Å². The number of hydrogen-bond donors (Lipinski definition) is 3. The van der Waals surface area contributed by atoms with Crippen LogP contribution in [0.1, 0.15) is 438 Å². The third-order valence-corrected chi connectivity index (χ3v) is 18.1. The summed E-state index contributed by atoms with van der Waals surface area (Å²) in [5.41, 5.74) is 0. The van der Waals surface area contributed by atoms with Crippen LogP contribution in [0.15, 0.2) is 12.2 Å². The quantitative estimate of drug-likeness (QED) is 0.0320. The van der Waals surface area contributed by atoms with Gasteiger partial charge in [0.2, 0.25) is 5.91 Å². The molecule has 6 nitrogen and oxygen atoms in total. The minimum absolute atomic E-state index is 0.0235. The molecule has 0 saturated heterocycles. The molecule has 488 valence electrons. The van der Waals surface area contributed by atoms with Gasteiger partial charge in [0.1, 0.15) is 0 Å². The van der Waals surface area contributed by atoms with Crippen LogP contribution in [0.2, 0.25) is 0 Å². The van der Waals surface area contributed by atoms with Crippen molar-refractivity contribution in [1.82, 2.24) is 5.32 Å². The molecule has 0 aliphatic heterocycles. The number of esters is 1. The van der Waals surface area contributed by atoms with Crippen LogP contribution in [0.3, 0.4) is 0 Å². The number of hydrogen-bond acceptors (Lipinski definition) is 5. The number of nitrogens with one attached hydrogen (secondary N) is 1. The molecule has 0 aromatic carbocycles. The predicted molar refractivity (Wildman–Crippen MR) is 361 cm³/mol. The second kappa shape index (κ2) is 72.1. The fraction of sp³-hybridized carbons (Fsp3) is 0.947. The summed E-state index contributed by atoms with van der Waals surface area (Å²) in [5.74, 6) is -0.0351. The smallest absolute Gasteiger partial charge is 0.305 e. The zero-order valence-electron chi connectivity index (χ0n) is 56.0. The minimum atomic E-state index is -0.841. The van der Waals surface area contributed by atoms with Crippen LogP contribution in [0, 0.1) is 0 Å². The van der Waals surface area contributed by atoms with Crippen molar-refractivity contribution in [2.75, 3.05) is 13.2 Å². The first-order valence-electron chi connectivity index (χ1n) is 38.0. The van der Waals surface area contributed by atoms with E-state index in [-0.39, 0.29) is 18.5 Å². The molecule has 0 aliphatic carbocycles. The van der Waals surface area contributed by atoms with Crippen molar-refractivity contribution < 1.29 is 24.5 Å². The van der Waals surface area contributed by atoms with Crippen LogP contribution in [0.5, 0.6) is 0 Å². The molecule has 0 radical (unpaired) electrons. The second-order valence-corrected chi connectivity index (χ2v) is 26.4. The molecule has 0 aromatic rings. The number of carbonyl (C=O) groups is 2. The van der Waals surface area contributed by atoms with E-state index in [1.165, 1.54) is 372 Å². The van der Waals surface area contributed by atoms with Gasteiger partial charge < -0.3 is 20.3 Å². The third kappa shape index (κ3) is 67.7. The zero-order valence-corrected chi connectivity index (χ0v) is 56.0. The van der Waals surface area contributed by atoms with Crippen LogP contribution < -0.4 is 5.32 Å². The molecule has 0 spiro atoms. The second-order valence-electron chi connectivity index (χ2n) is 26.4. The molecule has 82 heavy (non-hydrogen) atoms. The summed E-state index contributed by atoms with van der Waals surface area (Å²) in [5, 5.41) is 23.3. The summed E-state index contributed by atoms with van der Waals surface area (Å²) >= 11 is 0. The van der Waals surface area contributed by atoms with E-state index in [1.54, 1.807) is 6.08 Å². The van der Waals surface area contributed by atoms with Crippen LogP contribution in [-0.2, 0) is 14.3 Å². The Balaban J connectivity index is 3.34. The summed E-state index contributed by atoms with van der Waals surface area (Å²) < 4.78 is 5.49. The molecule has 2 unspecified atom stereocenters. The highest BCUT2D eigenvalue weighted by Crippen LogP contribution is 2.20. The highest BCUT2D eigenvalue weighted by molar-refractivity contribution is 5.76. The first kappa shape index (κ1) is 80.6. The Kier molecular flexibility index (Phi) is 70.8. The number of allylic oxidation sites excluding steroid dienone is 1. The van der Waals surface area contributed by atoms with Crippen LogP contribution in [-0.4, -0.2) is 47.4 Å². The fourth-order valence-corrected chi connectivity index (χ4v) is 12.3. The van der Waals surface area contributed by atoms with E-state index in [0.29, 0.717) is 19.4 Å². The van der Waals surface area contributed by atoms with E-state index in [9.17, 15) is 19.8 Å². The number of aliphatic hydroxyl groups is 2. The topological polar surface area (TPSA) is 95.9 Å². The monoisotopic (exact) mass is 1160 g/mol. The third-order valence-electron chi connectivity index (χ3n) is 18.1. The Labute approximate surface area is 514 Å². The highest BCUT2D eigenvalue weighted by Gasteiger charge is 2.18. The van der Waals surface area contributed by atoms with Crippen molar-refractivity contribution in [3.8, 4) is 0 Å². The predicted octanol–water partition coefficient (Wildman–Crippen LogP) is 24.7. The summed E-state index contributed by atoms with van der Waals surface area (Å²) in [7, 11) is 0. The van der Waals surface area contributed by atoms with Gasteiger partial charge in [0.15, 0.2) is 0 Å². The first-order valence-corrected chi connectivity index (χ1v) is 38.0. The lowest BCUT2D eigenvalue weighted by molar-refractivity contribution is -0.143.